The molecule has 1 fully saturated rings. The maximum Gasteiger partial charge on any atom is 0.266 e. The first-order valence-electron chi connectivity index (χ1n) is 9.18. The predicted molar refractivity (Wildman–Crippen MR) is 101 cm³/mol. The van der Waals surface area contributed by atoms with Crippen LogP contribution in [0, 0.1) is 0 Å². The van der Waals surface area contributed by atoms with Crippen molar-refractivity contribution < 1.29 is 9.53 Å². The normalized spacial score (nSPS) is 17.4. The van der Waals surface area contributed by atoms with E-state index in [4.69, 9.17) is 4.74 Å². The number of aryl methyl sites for hydroxylation is 1. The summed E-state index contributed by atoms with van der Waals surface area (Å²) in [4.78, 5) is 27.1. The van der Waals surface area contributed by atoms with Crippen molar-refractivity contribution in [2.24, 2.45) is 7.05 Å². The minimum Gasteiger partial charge on any atom is -0.479 e. The van der Waals surface area contributed by atoms with Gasteiger partial charge in [-0.25, -0.2) is 4.68 Å². The zero-order valence-corrected chi connectivity index (χ0v) is 16.6. The van der Waals surface area contributed by atoms with Gasteiger partial charge in [0.1, 0.15) is 5.56 Å². The molecule has 3 heterocycles. The molecule has 0 radical (unpaired) electrons. The Hall–Kier alpha value is -2.64. The quantitative estimate of drug-likeness (QED) is 0.813. The molecule has 0 bridgehead atoms. The summed E-state index contributed by atoms with van der Waals surface area (Å²) in [5.74, 6) is 0.195. The van der Waals surface area contributed by atoms with Crippen LogP contribution in [0.2, 0.25) is 0 Å². The van der Waals surface area contributed by atoms with E-state index in [9.17, 15) is 9.59 Å². The van der Waals surface area contributed by atoms with Crippen LogP contribution in [-0.4, -0.2) is 50.1 Å². The summed E-state index contributed by atoms with van der Waals surface area (Å²) in [6.07, 6.45) is 3.40. The predicted octanol–water partition coefficient (Wildman–Crippen LogP) is 1.59. The minimum absolute atomic E-state index is 0.0807. The van der Waals surface area contributed by atoms with E-state index in [1.165, 1.54) is 11.8 Å². The highest BCUT2D eigenvalue weighted by Gasteiger charge is 2.33. The van der Waals surface area contributed by atoms with Crippen molar-refractivity contribution in [3.05, 3.63) is 39.9 Å². The van der Waals surface area contributed by atoms with Gasteiger partial charge in [0.15, 0.2) is 0 Å². The highest BCUT2D eigenvalue weighted by atomic mass is 16.5. The summed E-state index contributed by atoms with van der Waals surface area (Å²) in [6, 6.07) is 3.25. The summed E-state index contributed by atoms with van der Waals surface area (Å²) >= 11 is 0. The third-order valence-electron chi connectivity index (χ3n) is 4.88. The third kappa shape index (κ3) is 3.89. The van der Waals surface area contributed by atoms with E-state index in [0.29, 0.717) is 24.5 Å². The molecule has 2 aromatic rings. The Bertz CT molecular complexity index is 893. The van der Waals surface area contributed by atoms with E-state index >= 15 is 0 Å². The smallest absolute Gasteiger partial charge is 0.266 e. The number of ether oxygens (including phenoxy) is 1. The van der Waals surface area contributed by atoms with Gasteiger partial charge in [-0.15, -0.1) is 5.10 Å². The molecule has 1 unspecified atom stereocenters. The summed E-state index contributed by atoms with van der Waals surface area (Å²) in [5.41, 5.74) is 0.993. The van der Waals surface area contributed by atoms with Gasteiger partial charge in [-0.2, -0.15) is 5.10 Å². The van der Waals surface area contributed by atoms with E-state index in [1.54, 1.807) is 35.0 Å². The zero-order chi connectivity index (χ0) is 19.8. The molecule has 0 spiro atoms. The van der Waals surface area contributed by atoms with Gasteiger partial charge < -0.3 is 9.64 Å². The molecule has 0 saturated carbocycles. The molecule has 27 heavy (non-hydrogen) atoms. The second-order valence-corrected chi connectivity index (χ2v) is 8.01. The van der Waals surface area contributed by atoms with Gasteiger partial charge in [0.2, 0.25) is 5.88 Å². The number of methoxy groups -OCH3 is 1. The van der Waals surface area contributed by atoms with Gasteiger partial charge in [0, 0.05) is 31.3 Å². The van der Waals surface area contributed by atoms with Crippen molar-refractivity contribution in [3.63, 3.8) is 0 Å². The first-order valence-corrected chi connectivity index (χ1v) is 9.18. The van der Waals surface area contributed by atoms with Gasteiger partial charge in [-0.1, -0.05) is 20.8 Å². The van der Waals surface area contributed by atoms with Gasteiger partial charge >= 0.3 is 0 Å². The largest absolute Gasteiger partial charge is 0.479 e. The number of carbonyl (C=O) groups is 1. The van der Waals surface area contributed by atoms with Crippen LogP contribution in [-0.2, 0) is 19.0 Å². The van der Waals surface area contributed by atoms with Crippen LogP contribution in [0.4, 0.5) is 0 Å². The lowest BCUT2D eigenvalue weighted by Gasteiger charge is -2.25. The summed E-state index contributed by atoms with van der Waals surface area (Å²) in [7, 11) is 3.25. The van der Waals surface area contributed by atoms with E-state index < -0.39 is 0 Å². The highest BCUT2D eigenvalue weighted by Crippen LogP contribution is 2.25. The molecule has 1 amide bonds. The van der Waals surface area contributed by atoms with Crippen LogP contribution >= 0.6 is 0 Å². The summed E-state index contributed by atoms with van der Waals surface area (Å²) in [6.45, 7) is 7.21. The molecule has 0 aromatic carbocycles. The first-order chi connectivity index (χ1) is 12.7. The number of rotatable bonds is 4. The third-order valence-corrected chi connectivity index (χ3v) is 4.88. The molecular formula is C19H27N5O3. The maximum absolute atomic E-state index is 13.0. The topological polar surface area (TPSA) is 82.2 Å². The van der Waals surface area contributed by atoms with Gasteiger partial charge in [-0.05, 0) is 18.9 Å². The fraction of sp³-hybridized carbons (Fsp3) is 0.579. The Morgan fingerprint density at radius 3 is 2.70 bits per heavy atom. The monoisotopic (exact) mass is 373 g/mol. The number of aromatic nitrogens is 4. The summed E-state index contributed by atoms with van der Waals surface area (Å²) in [5, 5.41) is 8.70. The van der Waals surface area contributed by atoms with Crippen molar-refractivity contribution in [3.8, 4) is 5.88 Å². The lowest BCUT2D eigenvalue weighted by Crippen LogP contribution is -2.41. The van der Waals surface area contributed by atoms with Crippen molar-refractivity contribution >= 4 is 5.91 Å². The molecular weight excluding hydrogens is 346 g/mol. The molecule has 1 aliphatic rings. The minimum atomic E-state index is -0.152. The van der Waals surface area contributed by atoms with Crippen molar-refractivity contribution in [1.82, 2.24) is 24.5 Å². The second kappa shape index (κ2) is 7.17. The van der Waals surface area contributed by atoms with Gasteiger partial charge in [0.25, 0.3) is 11.5 Å². The Morgan fingerprint density at radius 1 is 1.30 bits per heavy atom. The molecule has 8 nitrogen and oxygen atoms in total. The van der Waals surface area contributed by atoms with E-state index in [-0.39, 0.29) is 22.9 Å². The summed E-state index contributed by atoms with van der Waals surface area (Å²) < 4.78 is 8.27. The Labute approximate surface area is 158 Å². The van der Waals surface area contributed by atoms with Gasteiger partial charge in [0.05, 0.1) is 25.4 Å². The number of carbonyl (C=O) groups excluding carboxylic acids is 1. The number of nitrogens with zero attached hydrogens (tertiary/aromatic N) is 5. The molecule has 8 heteroatoms. The molecule has 1 aliphatic heterocycles. The van der Waals surface area contributed by atoms with E-state index in [2.05, 4.69) is 31.0 Å². The lowest BCUT2D eigenvalue weighted by atomic mass is 9.92. The standard InChI is InChI=1S/C19H27N5O3/c1-19(2,3)15-8-9-16(25)24(20-15)11-13-7-6-10-23(13)18(26)14-12-22(4)21-17(14)27-5/h8-9,12-13H,6-7,10-11H2,1-5H3. The molecule has 2 aromatic heterocycles. The fourth-order valence-electron chi connectivity index (χ4n) is 3.39. The average Bonchev–Trinajstić information content (AvgIpc) is 3.21. The van der Waals surface area contributed by atoms with Crippen LogP contribution in [0.15, 0.2) is 23.1 Å². The first kappa shape index (κ1) is 19.1. The van der Waals surface area contributed by atoms with Crippen LogP contribution < -0.4 is 10.3 Å². The molecule has 1 atom stereocenters. The maximum atomic E-state index is 13.0. The molecule has 0 N–H and O–H groups in total. The Balaban J connectivity index is 1.85. The molecule has 1 saturated heterocycles. The molecule has 146 valence electrons. The molecule has 3 rings (SSSR count). The van der Waals surface area contributed by atoms with Crippen molar-refractivity contribution in [2.45, 2.75) is 51.6 Å². The Kier molecular flexibility index (Phi) is 5.08. The number of likely N-dealkylation sites (tertiary alicyclic amines) is 1. The van der Waals surface area contributed by atoms with Crippen LogP contribution in [0.25, 0.3) is 0 Å². The lowest BCUT2D eigenvalue weighted by molar-refractivity contribution is 0.0716. The SMILES string of the molecule is COc1nn(C)cc1C(=O)N1CCCC1Cn1nc(C(C)(C)C)ccc1=O. The number of hydrogen-bond acceptors (Lipinski definition) is 5. The van der Waals surface area contributed by atoms with Crippen molar-refractivity contribution in [2.75, 3.05) is 13.7 Å². The number of amides is 1. The van der Waals surface area contributed by atoms with Gasteiger partial charge in [-0.3, -0.25) is 14.3 Å². The van der Waals surface area contributed by atoms with Crippen LogP contribution in [0.5, 0.6) is 5.88 Å². The highest BCUT2D eigenvalue weighted by molar-refractivity contribution is 5.96. The Morgan fingerprint density at radius 2 is 2.04 bits per heavy atom. The van der Waals surface area contributed by atoms with Crippen LogP contribution in [0.1, 0.15) is 49.7 Å². The zero-order valence-electron chi connectivity index (χ0n) is 16.6. The van der Waals surface area contributed by atoms with E-state index in [1.807, 2.05) is 0 Å². The molecule has 0 aliphatic carbocycles. The number of hydrogen-bond donors (Lipinski definition) is 0. The fourth-order valence-corrected chi connectivity index (χ4v) is 3.39. The second-order valence-electron chi connectivity index (χ2n) is 8.01. The van der Waals surface area contributed by atoms with E-state index in [0.717, 1.165) is 18.5 Å². The average molecular weight is 373 g/mol. The van der Waals surface area contributed by atoms with Crippen LogP contribution in [0.3, 0.4) is 0 Å². The van der Waals surface area contributed by atoms with Crippen molar-refractivity contribution in [1.29, 1.82) is 0 Å².